The van der Waals surface area contributed by atoms with Crippen molar-refractivity contribution in [2.75, 3.05) is 6.61 Å². The zero-order valence-corrected chi connectivity index (χ0v) is 7.43. The van der Waals surface area contributed by atoms with Crippen molar-refractivity contribution in [3.8, 4) is 5.75 Å². The van der Waals surface area contributed by atoms with Crippen LogP contribution in [0.5, 0.6) is 5.75 Å². The van der Waals surface area contributed by atoms with Crippen molar-refractivity contribution in [1.29, 1.82) is 0 Å². The van der Waals surface area contributed by atoms with Crippen molar-refractivity contribution in [2.24, 2.45) is 0 Å². The number of hydrogen-bond acceptors (Lipinski definition) is 3. The van der Waals surface area contributed by atoms with Gasteiger partial charge in [-0.2, -0.15) is 0 Å². The number of benzene rings is 1. The average Bonchev–Trinajstić information content (AvgIpc) is 2.87. The number of carbonyl (C=O) groups is 1. The molecule has 0 aliphatic carbocycles. The topological polar surface area (TPSA) is 70.1 Å². The minimum atomic E-state index is -1.11. The van der Waals surface area contributed by atoms with E-state index in [1.54, 1.807) is 6.07 Å². The van der Waals surface area contributed by atoms with Crippen LogP contribution in [0.25, 0.3) is 0 Å². The number of phenols is 1. The molecule has 4 heteroatoms. The van der Waals surface area contributed by atoms with Crippen LogP contribution in [0.15, 0.2) is 18.2 Å². The highest BCUT2D eigenvalue weighted by atomic mass is 16.6. The van der Waals surface area contributed by atoms with Gasteiger partial charge in [0.15, 0.2) is 0 Å². The number of epoxide rings is 1. The maximum atomic E-state index is 10.6. The van der Waals surface area contributed by atoms with Crippen molar-refractivity contribution < 1.29 is 19.7 Å². The summed E-state index contributed by atoms with van der Waals surface area (Å²) < 4.78 is 5.03. The number of carboxylic acid groups (broad SMARTS) is 1. The van der Waals surface area contributed by atoms with E-state index in [9.17, 15) is 9.90 Å². The molecule has 1 aliphatic heterocycles. The molecule has 1 fully saturated rings. The minimum Gasteiger partial charge on any atom is -0.507 e. The van der Waals surface area contributed by atoms with Crippen LogP contribution in [0, 0.1) is 0 Å². The summed E-state index contributed by atoms with van der Waals surface area (Å²) in [4.78, 5) is 10.6. The summed E-state index contributed by atoms with van der Waals surface area (Å²) >= 11 is 0. The van der Waals surface area contributed by atoms with Gasteiger partial charge in [0.2, 0.25) is 0 Å². The van der Waals surface area contributed by atoms with Crippen LogP contribution in [0.2, 0.25) is 0 Å². The van der Waals surface area contributed by atoms with Crippen molar-refractivity contribution in [2.45, 2.75) is 12.5 Å². The fourth-order valence-corrected chi connectivity index (χ4v) is 1.33. The third-order valence-corrected chi connectivity index (χ3v) is 2.16. The first-order valence-corrected chi connectivity index (χ1v) is 4.33. The Kier molecular flexibility index (Phi) is 2.13. The van der Waals surface area contributed by atoms with Gasteiger partial charge in [-0.1, -0.05) is 6.07 Å². The predicted octanol–water partition coefficient (Wildman–Crippen LogP) is 1.03. The molecule has 2 N–H and O–H groups in total. The lowest BCUT2D eigenvalue weighted by molar-refractivity contribution is 0.0694. The zero-order valence-electron chi connectivity index (χ0n) is 7.43. The van der Waals surface area contributed by atoms with Crippen molar-refractivity contribution in [3.05, 3.63) is 29.3 Å². The van der Waals surface area contributed by atoms with Gasteiger partial charge in [0, 0.05) is 6.42 Å². The molecule has 0 bridgehead atoms. The lowest BCUT2D eigenvalue weighted by Gasteiger charge is -2.02. The first-order chi connectivity index (χ1) is 6.66. The molecule has 0 aromatic heterocycles. The second kappa shape index (κ2) is 3.31. The highest BCUT2D eigenvalue weighted by Gasteiger charge is 2.23. The standard InChI is InChI=1S/C10H10O4/c11-9-4-6(3-7-5-14-7)1-2-8(9)10(12)13/h1-2,4,7,11H,3,5H2,(H,12,13). The summed E-state index contributed by atoms with van der Waals surface area (Å²) in [5.74, 6) is -1.30. The number of aromatic carboxylic acids is 1. The molecule has 0 amide bonds. The number of ether oxygens (including phenoxy) is 1. The highest BCUT2D eigenvalue weighted by Crippen LogP contribution is 2.22. The highest BCUT2D eigenvalue weighted by molar-refractivity contribution is 5.90. The van der Waals surface area contributed by atoms with E-state index in [1.165, 1.54) is 12.1 Å². The molecule has 1 saturated heterocycles. The molecule has 1 aliphatic rings. The van der Waals surface area contributed by atoms with Crippen molar-refractivity contribution in [3.63, 3.8) is 0 Å². The van der Waals surface area contributed by atoms with Crippen LogP contribution in [0.1, 0.15) is 15.9 Å². The molecule has 74 valence electrons. The van der Waals surface area contributed by atoms with E-state index in [0.29, 0.717) is 0 Å². The summed E-state index contributed by atoms with van der Waals surface area (Å²) in [6.45, 7) is 0.751. The summed E-state index contributed by atoms with van der Waals surface area (Å²) in [5, 5.41) is 18.0. The first-order valence-electron chi connectivity index (χ1n) is 4.33. The number of rotatable bonds is 3. The molecule has 2 rings (SSSR count). The van der Waals surface area contributed by atoms with Gasteiger partial charge < -0.3 is 14.9 Å². The second-order valence-corrected chi connectivity index (χ2v) is 3.32. The lowest BCUT2D eigenvalue weighted by Crippen LogP contribution is -1.99. The summed E-state index contributed by atoms with van der Waals surface area (Å²) in [6, 6.07) is 4.59. The van der Waals surface area contributed by atoms with E-state index in [2.05, 4.69) is 0 Å². The molecular weight excluding hydrogens is 184 g/mol. The van der Waals surface area contributed by atoms with E-state index < -0.39 is 5.97 Å². The number of carboxylic acids is 1. The maximum absolute atomic E-state index is 10.6. The first kappa shape index (κ1) is 9.02. The quantitative estimate of drug-likeness (QED) is 0.705. The third-order valence-electron chi connectivity index (χ3n) is 2.16. The lowest BCUT2D eigenvalue weighted by atomic mass is 10.1. The smallest absolute Gasteiger partial charge is 0.339 e. The normalized spacial score (nSPS) is 19.3. The van der Waals surface area contributed by atoms with Crippen LogP contribution < -0.4 is 0 Å². The Labute approximate surface area is 80.7 Å². The Balaban J connectivity index is 2.20. The van der Waals surface area contributed by atoms with E-state index in [4.69, 9.17) is 9.84 Å². The average molecular weight is 194 g/mol. The van der Waals surface area contributed by atoms with Crippen LogP contribution >= 0.6 is 0 Å². The van der Waals surface area contributed by atoms with Gasteiger partial charge in [0.25, 0.3) is 0 Å². The largest absolute Gasteiger partial charge is 0.507 e. The molecule has 4 nitrogen and oxygen atoms in total. The van der Waals surface area contributed by atoms with Gasteiger partial charge in [0.1, 0.15) is 11.3 Å². The van der Waals surface area contributed by atoms with E-state index in [1.807, 2.05) is 0 Å². The van der Waals surface area contributed by atoms with Gasteiger partial charge in [-0.3, -0.25) is 0 Å². The Morgan fingerprint density at radius 3 is 2.79 bits per heavy atom. The Morgan fingerprint density at radius 2 is 2.29 bits per heavy atom. The van der Waals surface area contributed by atoms with E-state index in [0.717, 1.165) is 18.6 Å². The monoisotopic (exact) mass is 194 g/mol. The third kappa shape index (κ3) is 1.85. The molecule has 1 aromatic carbocycles. The van der Waals surface area contributed by atoms with Crippen LogP contribution in [-0.2, 0) is 11.2 Å². The number of hydrogen-bond donors (Lipinski definition) is 2. The predicted molar refractivity (Wildman–Crippen MR) is 48.5 cm³/mol. The Hall–Kier alpha value is -1.55. The van der Waals surface area contributed by atoms with Gasteiger partial charge in [-0.25, -0.2) is 4.79 Å². The van der Waals surface area contributed by atoms with Crippen LogP contribution in [0.3, 0.4) is 0 Å². The van der Waals surface area contributed by atoms with Gasteiger partial charge >= 0.3 is 5.97 Å². The Morgan fingerprint density at radius 1 is 1.57 bits per heavy atom. The molecule has 1 heterocycles. The fourth-order valence-electron chi connectivity index (χ4n) is 1.33. The van der Waals surface area contributed by atoms with Crippen LogP contribution in [-0.4, -0.2) is 28.9 Å². The van der Waals surface area contributed by atoms with Gasteiger partial charge in [-0.15, -0.1) is 0 Å². The molecule has 0 radical (unpaired) electrons. The fraction of sp³-hybridized carbons (Fsp3) is 0.300. The zero-order chi connectivity index (χ0) is 10.1. The number of aromatic hydroxyl groups is 1. The molecule has 14 heavy (non-hydrogen) atoms. The molecule has 0 saturated carbocycles. The van der Waals surface area contributed by atoms with Crippen molar-refractivity contribution >= 4 is 5.97 Å². The molecule has 1 unspecified atom stereocenters. The van der Waals surface area contributed by atoms with E-state index >= 15 is 0 Å². The summed E-state index contributed by atoms with van der Waals surface area (Å²) in [5.41, 5.74) is 0.834. The summed E-state index contributed by atoms with van der Waals surface area (Å²) in [6.07, 6.45) is 0.970. The molecule has 0 spiro atoms. The van der Waals surface area contributed by atoms with Crippen LogP contribution in [0.4, 0.5) is 0 Å². The molecular formula is C10H10O4. The SMILES string of the molecule is O=C(O)c1ccc(CC2CO2)cc1O. The van der Waals surface area contributed by atoms with Gasteiger partial charge in [-0.05, 0) is 17.7 Å². The maximum Gasteiger partial charge on any atom is 0.339 e. The summed E-state index contributed by atoms with van der Waals surface area (Å²) in [7, 11) is 0. The molecule has 1 aromatic rings. The second-order valence-electron chi connectivity index (χ2n) is 3.32. The Bertz CT molecular complexity index is 368. The van der Waals surface area contributed by atoms with Gasteiger partial charge in [0.05, 0.1) is 12.7 Å². The van der Waals surface area contributed by atoms with Crippen molar-refractivity contribution in [1.82, 2.24) is 0 Å². The molecule has 1 atom stereocenters. The van der Waals surface area contributed by atoms with E-state index in [-0.39, 0.29) is 17.4 Å². The minimum absolute atomic E-state index is 0.0644.